The Labute approximate surface area is 222 Å². The second kappa shape index (κ2) is 10.1. The predicted molar refractivity (Wildman–Crippen MR) is 145 cm³/mol. The number of hydrogen-bond donors (Lipinski definition) is 2. The predicted octanol–water partition coefficient (Wildman–Crippen LogP) is 4.97. The van der Waals surface area contributed by atoms with Gasteiger partial charge in [0.15, 0.2) is 5.60 Å². The van der Waals surface area contributed by atoms with Crippen molar-refractivity contribution in [2.75, 3.05) is 4.90 Å². The quantitative estimate of drug-likeness (QED) is 0.460. The summed E-state index contributed by atoms with van der Waals surface area (Å²) < 4.78 is 6.19. The minimum atomic E-state index is -1.11. The maximum atomic E-state index is 13.3. The van der Waals surface area contributed by atoms with E-state index < -0.39 is 11.5 Å². The molecule has 1 unspecified atom stereocenters. The first-order valence-corrected chi connectivity index (χ1v) is 13.0. The van der Waals surface area contributed by atoms with Crippen LogP contribution in [-0.4, -0.2) is 40.5 Å². The fourth-order valence-electron chi connectivity index (χ4n) is 5.43. The third-order valence-electron chi connectivity index (χ3n) is 7.32. The van der Waals surface area contributed by atoms with Crippen LogP contribution in [0.2, 0.25) is 5.02 Å². The molecule has 3 aromatic rings. The number of nitrogens with one attached hydrogen (secondary N) is 1. The van der Waals surface area contributed by atoms with Gasteiger partial charge in [0.05, 0.1) is 10.6 Å². The highest BCUT2D eigenvalue weighted by atomic mass is 35.5. The highest BCUT2D eigenvalue weighted by Crippen LogP contribution is 2.39. The third-order valence-corrected chi connectivity index (χ3v) is 7.63. The van der Waals surface area contributed by atoms with Crippen LogP contribution in [0.1, 0.15) is 49.9 Å². The molecule has 0 aliphatic carbocycles. The Morgan fingerprint density at radius 2 is 1.73 bits per heavy atom. The van der Waals surface area contributed by atoms with Crippen LogP contribution in [0.3, 0.4) is 0 Å². The summed E-state index contributed by atoms with van der Waals surface area (Å²) in [6.07, 6.45) is 5.25. The number of nitrogens with zero attached hydrogens (tertiary/aromatic N) is 2. The van der Waals surface area contributed by atoms with Gasteiger partial charge in [-0.3, -0.25) is 9.59 Å². The lowest BCUT2D eigenvalue weighted by Gasteiger charge is -2.40. The zero-order valence-electron chi connectivity index (χ0n) is 21.0. The standard InChI is InChI=1S/C29H31ClN4O3/c1-29(2,37-25-14-19(8-12-24(25)30)18-6-4-3-5-7-18)28(36)33-21-15-22-10-11-23(16-21)34(22)26-13-9-20(17-32-26)27(31)35/h3-9,12-14,17,21-23H,10-11,15-16H2,1-2H3,(H2,31,35)(H,33,36)/t21?,22-,23+. The van der Waals surface area contributed by atoms with Crippen molar-refractivity contribution in [1.29, 1.82) is 0 Å². The molecule has 3 heterocycles. The number of ether oxygens (including phenoxy) is 1. The van der Waals surface area contributed by atoms with Crippen molar-refractivity contribution >= 4 is 29.2 Å². The lowest BCUT2D eigenvalue weighted by Crippen LogP contribution is -2.55. The summed E-state index contributed by atoms with van der Waals surface area (Å²) in [7, 11) is 0. The van der Waals surface area contributed by atoms with Crippen molar-refractivity contribution in [3.05, 3.63) is 77.4 Å². The molecule has 0 saturated carbocycles. The molecule has 192 valence electrons. The molecular weight excluding hydrogens is 488 g/mol. The number of carbonyl (C=O) groups excluding carboxylic acids is 2. The molecule has 5 rings (SSSR count). The largest absolute Gasteiger partial charge is 0.476 e. The van der Waals surface area contributed by atoms with Crippen LogP contribution in [0.25, 0.3) is 11.1 Å². The molecule has 2 aliphatic rings. The second-order valence-corrected chi connectivity index (χ2v) is 10.7. The van der Waals surface area contributed by atoms with Gasteiger partial charge in [0.1, 0.15) is 11.6 Å². The number of piperidine rings is 1. The SMILES string of the molecule is CC(C)(Oc1cc(-c2ccccc2)ccc1Cl)C(=O)NC1C[C@H]2CC[C@@H](C1)N2c1ccc(C(N)=O)cn1. The van der Waals surface area contributed by atoms with Gasteiger partial charge in [-0.15, -0.1) is 0 Å². The van der Waals surface area contributed by atoms with Gasteiger partial charge in [0.2, 0.25) is 5.91 Å². The number of aromatic nitrogens is 1. The van der Waals surface area contributed by atoms with Crippen LogP contribution in [-0.2, 0) is 4.79 Å². The molecule has 2 aromatic carbocycles. The summed E-state index contributed by atoms with van der Waals surface area (Å²) >= 11 is 6.44. The number of primary amides is 1. The molecule has 3 N–H and O–H groups in total. The molecule has 2 saturated heterocycles. The average molecular weight is 519 g/mol. The molecule has 2 amide bonds. The Morgan fingerprint density at radius 1 is 1.03 bits per heavy atom. The van der Waals surface area contributed by atoms with Crippen molar-refractivity contribution in [2.24, 2.45) is 5.73 Å². The zero-order chi connectivity index (χ0) is 26.2. The molecule has 0 radical (unpaired) electrons. The maximum Gasteiger partial charge on any atom is 0.263 e. The third kappa shape index (κ3) is 5.27. The molecule has 2 aliphatic heterocycles. The number of nitrogens with two attached hydrogens (primary N) is 1. The van der Waals surface area contributed by atoms with Crippen LogP contribution in [0.15, 0.2) is 66.9 Å². The molecule has 7 nitrogen and oxygen atoms in total. The van der Waals surface area contributed by atoms with Crippen molar-refractivity contribution in [2.45, 2.75) is 63.3 Å². The van der Waals surface area contributed by atoms with Crippen LogP contribution in [0, 0.1) is 0 Å². The number of pyridine rings is 1. The Kier molecular flexibility index (Phi) is 6.82. The van der Waals surface area contributed by atoms with Gasteiger partial charge >= 0.3 is 0 Å². The highest BCUT2D eigenvalue weighted by Gasteiger charge is 2.43. The van der Waals surface area contributed by atoms with Crippen LogP contribution >= 0.6 is 11.6 Å². The van der Waals surface area contributed by atoms with E-state index in [0.717, 1.165) is 42.6 Å². The maximum absolute atomic E-state index is 13.3. The second-order valence-electron chi connectivity index (χ2n) is 10.3. The number of rotatable bonds is 7. The molecule has 8 heteroatoms. The normalized spacial score (nSPS) is 20.9. The number of amides is 2. The smallest absolute Gasteiger partial charge is 0.263 e. The molecule has 0 spiro atoms. The highest BCUT2D eigenvalue weighted by molar-refractivity contribution is 6.32. The van der Waals surface area contributed by atoms with E-state index in [-0.39, 0.29) is 24.0 Å². The molecule has 2 fully saturated rings. The van der Waals surface area contributed by atoms with Gasteiger partial charge in [-0.1, -0.05) is 48.0 Å². The van der Waals surface area contributed by atoms with Gasteiger partial charge in [-0.2, -0.15) is 0 Å². The van der Waals surface area contributed by atoms with E-state index in [2.05, 4.69) is 15.2 Å². The van der Waals surface area contributed by atoms with Crippen LogP contribution in [0.4, 0.5) is 5.82 Å². The molecule has 37 heavy (non-hydrogen) atoms. The van der Waals surface area contributed by atoms with Gasteiger partial charge in [0, 0.05) is 24.3 Å². The Balaban J connectivity index is 1.24. The molecule has 3 atom stereocenters. The number of fused-ring (bicyclic) bond motifs is 2. The van der Waals surface area contributed by atoms with Gasteiger partial charge in [-0.05, 0) is 74.9 Å². The fourth-order valence-corrected chi connectivity index (χ4v) is 5.58. The Bertz CT molecular complexity index is 1280. The average Bonchev–Trinajstić information content (AvgIpc) is 3.15. The summed E-state index contributed by atoms with van der Waals surface area (Å²) in [5, 5.41) is 3.69. The van der Waals surface area contributed by atoms with Gasteiger partial charge in [0.25, 0.3) is 5.91 Å². The van der Waals surface area contributed by atoms with E-state index in [1.807, 2.05) is 48.5 Å². The van der Waals surface area contributed by atoms with Gasteiger partial charge in [-0.25, -0.2) is 4.98 Å². The van der Waals surface area contributed by atoms with Crippen molar-refractivity contribution < 1.29 is 14.3 Å². The van der Waals surface area contributed by atoms with Crippen molar-refractivity contribution in [3.8, 4) is 16.9 Å². The summed E-state index contributed by atoms with van der Waals surface area (Å²) in [5.41, 5.74) is 6.66. The summed E-state index contributed by atoms with van der Waals surface area (Å²) in [4.78, 5) is 31.5. The van der Waals surface area contributed by atoms with Crippen LogP contribution in [0.5, 0.6) is 5.75 Å². The first-order chi connectivity index (χ1) is 17.7. The van der Waals surface area contributed by atoms with E-state index in [0.29, 0.717) is 16.3 Å². The molecule has 2 bridgehead atoms. The number of benzene rings is 2. The van der Waals surface area contributed by atoms with Crippen molar-refractivity contribution in [1.82, 2.24) is 10.3 Å². The van der Waals surface area contributed by atoms with Gasteiger partial charge < -0.3 is 20.7 Å². The monoisotopic (exact) mass is 518 g/mol. The minimum Gasteiger partial charge on any atom is -0.476 e. The topological polar surface area (TPSA) is 97.5 Å². The molecule has 1 aromatic heterocycles. The van der Waals surface area contributed by atoms with E-state index >= 15 is 0 Å². The van der Waals surface area contributed by atoms with E-state index in [1.54, 1.807) is 26.0 Å². The first kappa shape index (κ1) is 25.1. The number of halogens is 1. The number of anilines is 1. The van der Waals surface area contributed by atoms with E-state index in [9.17, 15) is 9.59 Å². The zero-order valence-corrected chi connectivity index (χ0v) is 21.7. The summed E-state index contributed by atoms with van der Waals surface area (Å²) in [5.74, 6) is 0.666. The van der Waals surface area contributed by atoms with Crippen LogP contribution < -0.4 is 20.7 Å². The van der Waals surface area contributed by atoms with E-state index in [1.165, 1.54) is 6.20 Å². The van der Waals surface area contributed by atoms with Crippen molar-refractivity contribution in [3.63, 3.8) is 0 Å². The fraction of sp³-hybridized carbons (Fsp3) is 0.345. The van der Waals surface area contributed by atoms with E-state index in [4.69, 9.17) is 22.1 Å². The summed E-state index contributed by atoms with van der Waals surface area (Å²) in [6, 6.07) is 19.7. The molecular formula is C29H31ClN4O3. The lowest BCUT2D eigenvalue weighted by molar-refractivity contribution is -0.135. The Hall–Kier alpha value is -3.58. The Morgan fingerprint density at radius 3 is 2.35 bits per heavy atom. The first-order valence-electron chi connectivity index (χ1n) is 12.6. The lowest BCUT2D eigenvalue weighted by atomic mass is 9.96. The minimum absolute atomic E-state index is 0.0418. The summed E-state index contributed by atoms with van der Waals surface area (Å²) in [6.45, 7) is 3.53. The number of hydrogen-bond acceptors (Lipinski definition) is 5. The number of carbonyl (C=O) groups is 2.